The van der Waals surface area contributed by atoms with E-state index in [-0.39, 0.29) is 30.8 Å². The van der Waals surface area contributed by atoms with Gasteiger partial charge in [0.1, 0.15) is 29.6 Å². The van der Waals surface area contributed by atoms with Crippen molar-refractivity contribution in [3.8, 4) is 5.75 Å². The number of ether oxygens (including phenoxy) is 1. The van der Waals surface area contributed by atoms with Gasteiger partial charge in [0.15, 0.2) is 5.69 Å². The highest BCUT2D eigenvalue weighted by Gasteiger charge is 2.31. The minimum atomic E-state index is -1.23. The summed E-state index contributed by atoms with van der Waals surface area (Å²) in [4.78, 5) is 66.1. The highest BCUT2D eigenvalue weighted by molar-refractivity contribution is 6.38. The standard InChI is InChI=1S/C35H37N5O7.4H2/c1-22-18-30(40-47-22)34(44)37-23(2)32(42)39-29(20-25-14-16-27(46-3)17-15-25)33(43)38-28(19-24-10-6-4-7-11-24)31(41)35(45)36-21-26-12-8-5-9-13-26;;;;/h4-18,23,28-29H,19-21H2,1-3H3,(H,36,45)(H,37,44)(H,38,43)(H,39,42);4*1H/t23-,28-,29-;;;;/m0..../s1. The second-order valence-electron chi connectivity index (χ2n) is 10.9. The molecule has 4 rings (SSSR count). The number of rotatable bonds is 15. The minimum Gasteiger partial charge on any atom is -0.497 e. The fourth-order valence-corrected chi connectivity index (χ4v) is 4.67. The van der Waals surface area contributed by atoms with Crippen LogP contribution in [0.5, 0.6) is 5.75 Å². The van der Waals surface area contributed by atoms with Gasteiger partial charge >= 0.3 is 0 Å². The number of nitrogens with zero attached hydrogens (tertiary/aromatic N) is 1. The molecule has 3 atom stereocenters. The molecular weight excluding hydrogens is 602 g/mol. The number of nitrogens with one attached hydrogen (secondary N) is 4. The Kier molecular flexibility index (Phi) is 12.0. The average Bonchev–Trinajstić information content (AvgIpc) is 3.53. The molecule has 0 aliphatic carbocycles. The first-order chi connectivity index (χ1) is 22.6. The van der Waals surface area contributed by atoms with Gasteiger partial charge in [0.25, 0.3) is 11.8 Å². The lowest BCUT2D eigenvalue weighted by atomic mass is 9.99. The second-order valence-corrected chi connectivity index (χ2v) is 10.9. The maximum absolute atomic E-state index is 13.8. The van der Waals surface area contributed by atoms with Crippen molar-refractivity contribution in [3.63, 3.8) is 0 Å². The number of hydrogen-bond donors (Lipinski definition) is 4. The van der Waals surface area contributed by atoms with Crippen molar-refractivity contribution < 1.29 is 38.9 Å². The van der Waals surface area contributed by atoms with Gasteiger partial charge in [-0.15, -0.1) is 0 Å². The van der Waals surface area contributed by atoms with Crippen LogP contribution >= 0.6 is 0 Å². The first-order valence-corrected chi connectivity index (χ1v) is 15.0. The van der Waals surface area contributed by atoms with Crippen LogP contribution in [0.2, 0.25) is 0 Å². The molecule has 252 valence electrons. The number of hydrogen-bond acceptors (Lipinski definition) is 8. The van der Waals surface area contributed by atoms with Gasteiger partial charge < -0.3 is 30.5 Å². The maximum Gasteiger partial charge on any atom is 0.289 e. The molecule has 0 radical (unpaired) electrons. The predicted octanol–water partition coefficient (Wildman–Crippen LogP) is 3.43. The lowest BCUT2D eigenvalue weighted by Gasteiger charge is -2.24. The quantitative estimate of drug-likeness (QED) is 0.142. The summed E-state index contributed by atoms with van der Waals surface area (Å²) in [6, 6.07) is 23.0. The maximum atomic E-state index is 13.8. The van der Waals surface area contributed by atoms with Crippen LogP contribution in [0.4, 0.5) is 0 Å². The van der Waals surface area contributed by atoms with E-state index in [4.69, 9.17) is 9.26 Å². The van der Waals surface area contributed by atoms with Crippen molar-refractivity contribution >= 4 is 29.4 Å². The summed E-state index contributed by atoms with van der Waals surface area (Å²) in [6.07, 6.45) is 0.0775. The summed E-state index contributed by atoms with van der Waals surface area (Å²) >= 11 is 0. The lowest BCUT2D eigenvalue weighted by Crippen LogP contribution is -2.57. The minimum absolute atomic E-state index is 0. The number of Topliss-reactive ketones (excluding diaryl/α,β-unsaturated/α-hetero) is 1. The van der Waals surface area contributed by atoms with E-state index in [9.17, 15) is 24.0 Å². The average molecular weight is 648 g/mol. The summed E-state index contributed by atoms with van der Waals surface area (Å²) < 4.78 is 10.2. The molecule has 4 aromatic rings. The van der Waals surface area contributed by atoms with E-state index in [0.717, 1.165) is 11.1 Å². The first kappa shape index (κ1) is 34.1. The molecule has 4 amide bonds. The lowest BCUT2D eigenvalue weighted by molar-refractivity contribution is -0.140. The molecular formula is C35H45N5O7. The van der Waals surface area contributed by atoms with Crippen LogP contribution in [0, 0.1) is 6.92 Å². The van der Waals surface area contributed by atoms with E-state index in [0.29, 0.717) is 17.1 Å². The first-order valence-electron chi connectivity index (χ1n) is 15.0. The number of methoxy groups -OCH3 is 1. The second kappa shape index (κ2) is 16.5. The topological polar surface area (TPSA) is 169 Å². The molecule has 47 heavy (non-hydrogen) atoms. The molecule has 0 aliphatic heterocycles. The summed E-state index contributed by atoms with van der Waals surface area (Å²) in [5.74, 6) is -2.63. The van der Waals surface area contributed by atoms with E-state index in [1.165, 1.54) is 20.1 Å². The Morgan fingerprint density at radius 1 is 0.766 bits per heavy atom. The van der Waals surface area contributed by atoms with Crippen molar-refractivity contribution in [2.24, 2.45) is 0 Å². The molecule has 4 N–H and O–H groups in total. The van der Waals surface area contributed by atoms with Crippen molar-refractivity contribution in [3.05, 3.63) is 119 Å². The fraction of sp³-hybridized carbons (Fsp3) is 0.257. The zero-order valence-corrected chi connectivity index (χ0v) is 26.3. The van der Waals surface area contributed by atoms with Gasteiger partial charge in [-0.1, -0.05) is 78.0 Å². The zero-order valence-electron chi connectivity index (χ0n) is 26.3. The number of benzene rings is 3. The fourth-order valence-electron chi connectivity index (χ4n) is 4.67. The van der Waals surface area contributed by atoms with Gasteiger partial charge in [0.05, 0.1) is 7.11 Å². The van der Waals surface area contributed by atoms with E-state index in [1.54, 1.807) is 55.5 Å². The molecule has 0 saturated heterocycles. The van der Waals surface area contributed by atoms with E-state index >= 15 is 0 Å². The predicted molar refractivity (Wildman–Crippen MR) is 181 cm³/mol. The normalized spacial score (nSPS) is 12.6. The number of amides is 4. The highest BCUT2D eigenvalue weighted by Crippen LogP contribution is 2.14. The molecule has 0 spiro atoms. The van der Waals surface area contributed by atoms with Crippen molar-refractivity contribution in [1.82, 2.24) is 26.4 Å². The molecule has 3 aromatic carbocycles. The summed E-state index contributed by atoms with van der Waals surface area (Å²) in [5.41, 5.74) is 2.21. The van der Waals surface area contributed by atoms with Crippen LogP contribution in [0.1, 0.15) is 45.6 Å². The van der Waals surface area contributed by atoms with E-state index in [1.807, 2.05) is 36.4 Å². The van der Waals surface area contributed by atoms with Gasteiger partial charge in [-0.25, -0.2) is 0 Å². The van der Waals surface area contributed by atoms with E-state index < -0.39 is 47.5 Å². The van der Waals surface area contributed by atoms with Crippen LogP contribution in [0.3, 0.4) is 0 Å². The molecule has 12 heteroatoms. The number of ketones is 1. The van der Waals surface area contributed by atoms with Gasteiger partial charge in [-0.05, 0) is 42.7 Å². The van der Waals surface area contributed by atoms with Crippen LogP contribution in [-0.4, -0.2) is 59.8 Å². The van der Waals surface area contributed by atoms with Gasteiger partial charge in [-0.3, -0.25) is 24.0 Å². The van der Waals surface area contributed by atoms with Crippen LogP contribution in [-0.2, 0) is 38.6 Å². The Morgan fingerprint density at radius 2 is 1.34 bits per heavy atom. The molecule has 1 heterocycles. The van der Waals surface area contributed by atoms with Gasteiger partial charge in [0.2, 0.25) is 17.6 Å². The third kappa shape index (κ3) is 10.1. The van der Waals surface area contributed by atoms with Gasteiger partial charge in [0, 0.05) is 31.2 Å². The molecule has 12 nitrogen and oxygen atoms in total. The number of aromatic nitrogens is 1. The summed E-state index contributed by atoms with van der Waals surface area (Å²) in [7, 11) is 1.53. The molecule has 0 unspecified atom stereocenters. The van der Waals surface area contributed by atoms with Crippen LogP contribution in [0.15, 0.2) is 95.5 Å². The van der Waals surface area contributed by atoms with Crippen molar-refractivity contribution in [1.29, 1.82) is 0 Å². The van der Waals surface area contributed by atoms with Crippen LogP contribution in [0.25, 0.3) is 0 Å². The smallest absolute Gasteiger partial charge is 0.289 e. The van der Waals surface area contributed by atoms with Crippen LogP contribution < -0.4 is 26.0 Å². The molecule has 0 aliphatic rings. The third-order valence-electron chi connectivity index (χ3n) is 7.27. The zero-order chi connectivity index (χ0) is 33.8. The van der Waals surface area contributed by atoms with Crippen molar-refractivity contribution in [2.75, 3.05) is 7.11 Å². The third-order valence-corrected chi connectivity index (χ3v) is 7.27. The highest BCUT2D eigenvalue weighted by atomic mass is 16.5. The summed E-state index contributed by atoms with van der Waals surface area (Å²) in [6.45, 7) is 3.22. The Bertz CT molecular complexity index is 1690. The monoisotopic (exact) mass is 647 g/mol. The van der Waals surface area contributed by atoms with Gasteiger partial charge in [-0.2, -0.15) is 0 Å². The van der Waals surface area contributed by atoms with Crippen molar-refractivity contribution in [2.45, 2.75) is 51.4 Å². The number of aryl methyl sites for hydroxylation is 1. The number of carbonyl (C=O) groups is 5. The van der Waals surface area contributed by atoms with E-state index in [2.05, 4.69) is 26.4 Å². The molecule has 0 fully saturated rings. The molecule has 1 aromatic heterocycles. The number of carbonyl (C=O) groups excluding carboxylic acids is 5. The molecule has 0 saturated carbocycles. The SMILES string of the molecule is COc1ccc(C[C@H](NC(=O)[C@H](C)NC(=O)c2cc(C)on2)C(=O)N[C@@H](Cc2ccccc2)C(=O)C(=O)NCc2ccccc2)cc1.[HH].[HH].[HH].[HH]. The molecule has 0 bridgehead atoms. The Morgan fingerprint density at radius 3 is 1.94 bits per heavy atom. The summed E-state index contributed by atoms with van der Waals surface area (Å²) in [5, 5.41) is 14.2. The largest absolute Gasteiger partial charge is 0.497 e. The Labute approximate surface area is 278 Å². The Balaban J connectivity index is 0.00000625. The Hall–Kier alpha value is -5.78.